The highest BCUT2D eigenvalue weighted by Gasteiger charge is 2.14. The summed E-state index contributed by atoms with van der Waals surface area (Å²) in [4.78, 5) is 35.8. The van der Waals surface area contributed by atoms with Crippen LogP contribution in [-0.4, -0.2) is 37.3 Å². The first-order valence-corrected chi connectivity index (χ1v) is 8.54. The van der Waals surface area contributed by atoms with Gasteiger partial charge in [-0.25, -0.2) is 9.59 Å². The molecule has 0 saturated heterocycles. The molecule has 0 saturated carbocycles. The second-order valence-corrected chi connectivity index (χ2v) is 6.11. The highest BCUT2D eigenvalue weighted by molar-refractivity contribution is 7.98. The van der Waals surface area contributed by atoms with Gasteiger partial charge in [-0.3, -0.25) is 10.1 Å². The fourth-order valence-corrected chi connectivity index (χ4v) is 2.29. The fraction of sp³-hybridized carbons (Fsp3) is 0.438. The highest BCUT2D eigenvalue weighted by Crippen LogP contribution is 2.20. The van der Waals surface area contributed by atoms with Crippen LogP contribution in [0.3, 0.4) is 0 Å². The van der Waals surface area contributed by atoms with E-state index < -0.39 is 24.5 Å². The molecular weight excluding hydrogens is 316 g/mol. The summed E-state index contributed by atoms with van der Waals surface area (Å²) in [5, 5.41) is 4.69. The Morgan fingerprint density at radius 3 is 2.57 bits per heavy atom. The van der Waals surface area contributed by atoms with Crippen LogP contribution in [0, 0.1) is 5.92 Å². The van der Waals surface area contributed by atoms with Crippen LogP contribution in [0.5, 0.6) is 0 Å². The maximum atomic E-state index is 11.9. The number of amides is 3. The predicted molar refractivity (Wildman–Crippen MR) is 89.5 cm³/mol. The van der Waals surface area contributed by atoms with E-state index in [1.807, 2.05) is 26.2 Å². The Bertz CT molecular complexity index is 561. The zero-order valence-electron chi connectivity index (χ0n) is 13.5. The van der Waals surface area contributed by atoms with Gasteiger partial charge in [-0.15, -0.1) is 11.8 Å². The molecule has 126 valence electrons. The van der Waals surface area contributed by atoms with Gasteiger partial charge in [0, 0.05) is 11.4 Å². The number of nitrogens with one attached hydrogen (secondary N) is 2. The van der Waals surface area contributed by atoms with Crippen LogP contribution >= 0.6 is 11.8 Å². The van der Waals surface area contributed by atoms with Crippen LogP contribution in [0.4, 0.5) is 4.79 Å². The lowest BCUT2D eigenvalue weighted by molar-refractivity contribution is -0.123. The van der Waals surface area contributed by atoms with Gasteiger partial charge in [0.05, 0.1) is 5.56 Å². The minimum atomic E-state index is -0.665. The third kappa shape index (κ3) is 7.19. The number of benzene rings is 1. The lowest BCUT2D eigenvalue weighted by Gasteiger charge is -2.09. The van der Waals surface area contributed by atoms with E-state index in [1.54, 1.807) is 18.2 Å². The Morgan fingerprint density at radius 2 is 1.91 bits per heavy atom. The number of ether oxygens (including phenoxy) is 1. The van der Waals surface area contributed by atoms with Crippen molar-refractivity contribution in [1.29, 1.82) is 0 Å². The molecule has 1 aromatic rings. The molecule has 2 N–H and O–H groups in total. The largest absolute Gasteiger partial charge is 0.452 e. The van der Waals surface area contributed by atoms with Crippen molar-refractivity contribution in [2.45, 2.75) is 25.2 Å². The molecule has 1 aromatic carbocycles. The van der Waals surface area contributed by atoms with Crippen LogP contribution in [0.15, 0.2) is 29.2 Å². The van der Waals surface area contributed by atoms with Gasteiger partial charge in [0.15, 0.2) is 6.61 Å². The zero-order chi connectivity index (χ0) is 17.2. The molecule has 0 aliphatic rings. The summed E-state index contributed by atoms with van der Waals surface area (Å²) in [6.07, 6.45) is 2.67. The van der Waals surface area contributed by atoms with Crippen LogP contribution in [0.25, 0.3) is 0 Å². The SMILES string of the molecule is CSc1ccccc1C(=O)OCC(=O)NC(=O)NCCC(C)C. The van der Waals surface area contributed by atoms with Gasteiger partial charge in [-0.05, 0) is 30.7 Å². The number of esters is 1. The molecule has 0 radical (unpaired) electrons. The minimum absolute atomic E-state index is 0.397. The van der Waals surface area contributed by atoms with Gasteiger partial charge in [0.2, 0.25) is 0 Å². The van der Waals surface area contributed by atoms with Gasteiger partial charge in [0.1, 0.15) is 0 Å². The number of carbonyl (C=O) groups is 3. The number of imide groups is 1. The Hall–Kier alpha value is -2.02. The summed E-state index contributed by atoms with van der Waals surface area (Å²) >= 11 is 1.41. The van der Waals surface area contributed by atoms with Crippen LogP contribution in [0.2, 0.25) is 0 Å². The molecule has 0 aliphatic carbocycles. The van der Waals surface area contributed by atoms with E-state index in [2.05, 4.69) is 10.6 Å². The summed E-state index contributed by atoms with van der Waals surface area (Å²) < 4.78 is 4.93. The molecule has 1 rings (SSSR count). The van der Waals surface area contributed by atoms with Gasteiger partial charge >= 0.3 is 12.0 Å². The maximum absolute atomic E-state index is 11.9. The van der Waals surface area contributed by atoms with Crippen LogP contribution < -0.4 is 10.6 Å². The summed E-state index contributed by atoms with van der Waals surface area (Å²) in [6, 6.07) is 6.38. The predicted octanol–water partition coefficient (Wildman–Crippen LogP) is 2.44. The molecule has 7 heteroatoms. The number of hydrogen-bond donors (Lipinski definition) is 2. The first-order chi connectivity index (χ1) is 10.9. The summed E-state index contributed by atoms with van der Waals surface area (Å²) in [5.74, 6) is -0.796. The van der Waals surface area contributed by atoms with Gasteiger partial charge in [0.25, 0.3) is 5.91 Å². The molecule has 0 spiro atoms. The molecule has 0 fully saturated rings. The normalized spacial score (nSPS) is 10.3. The standard InChI is InChI=1S/C16H22N2O4S/c1-11(2)8-9-17-16(21)18-14(19)10-22-15(20)12-6-4-5-7-13(12)23-3/h4-7,11H,8-10H2,1-3H3,(H2,17,18,19,21). The van der Waals surface area contributed by atoms with E-state index in [0.29, 0.717) is 18.0 Å². The van der Waals surface area contributed by atoms with Gasteiger partial charge < -0.3 is 10.1 Å². The summed E-state index contributed by atoms with van der Waals surface area (Å²) in [6.45, 7) is 4.06. The van der Waals surface area contributed by atoms with Crippen molar-refractivity contribution >= 4 is 29.7 Å². The Balaban J connectivity index is 2.38. The van der Waals surface area contributed by atoms with Crippen LogP contribution in [-0.2, 0) is 9.53 Å². The van der Waals surface area contributed by atoms with Crippen molar-refractivity contribution in [3.63, 3.8) is 0 Å². The summed E-state index contributed by atoms with van der Waals surface area (Å²) in [5.41, 5.74) is 0.397. The van der Waals surface area contributed by atoms with Crippen molar-refractivity contribution in [2.75, 3.05) is 19.4 Å². The molecule has 0 aromatic heterocycles. The number of hydrogen-bond acceptors (Lipinski definition) is 5. The second kappa shape index (κ2) is 9.89. The van der Waals surface area contributed by atoms with Gasteiger partial charge in [-0.2, -0.15) is 0 Å². The molecule has 0 bridgehead atoms. The molecule has 0 aliphatic heterocycles. The third-order valence-corrected chi connectivity index (χ3v) is 3.72. The van der Waals surface area contributed by atoms with Crippen molar-refractivity contribution in [3.8, 4) is 0 Å². The highest BCUT2D eigenvalue weighted by atomic mass is 32.2. The number of thioether (sulfide) groups is 1. The van der Waals surface area contributed by atoms with E-state index in [0.717, 1.165) is 11.3 Å². The molecule has 6 nitrogen and oxygen atoms in total. The quantitative estimate of drug-likeness (QED) is 0.589. The van der Waals surface area contributed by atoms with Crippen molar-refractivity contribution in [3.05, 3.63) is 29.8 Å². The molecule has 23 heavy (non-hydrogen) atoms. The first kappa shape index (κ1) is 19.0. The van der Waals surface area contributed by atoms with Gasteiger partial charge in [-0.1, -0.05) is 26.0 Å². The number of rotatable bonds is 7. The molecule has 3 amide bonds. The maximum Gasteiger partial charge on any atom is 0.339 e. The van der Waals surface area contributed by atoms with E-state index in [4.69, 9.17) is 4.74 Å². The van der Waals surface area contributed by atoms with Crippen molar-refractivity contribution in [2.24, 2.45) is 5.92 Å². The lowest BCUT2D eigenvalue weighted by atomic mass is 10.1. The average molecular weight is 338 g/mol. The Kier molecular flexibility index (Phi) is 8.18. The van der Waals surface area contributed by atoms with E-state index in [1.165, 1.54) is 11.8 Å². The minimum Gasteiger partial charge on any atom is -0.452 e. The van der Waals surface area contributed by atoms with Crippen molar-refractivity contribution < 1.29 is 19.1 Å². The van der Waals surface area contributed by atoms with Crippen LogP contribution in [0.1, 0.15) is 30.6 Å². The molecular formula is C16H22N2O4S. The van der Waals surface area contributed by atoms with E-state index in [-0.39, 0.29) is 0 Å². The fourth-order valence-electron chi connectivity index (χ4n) is 1.70. The Morgan fingerprint density at radius 1 is 1.22 bits per heavy atom. The first-order valence-electron chi connectivity index (χ1n) is 7.31. The van der Waals surface area contributed by atoms with Crippen molar-refractivity contribution in [1.82, 2.24) is 10.6 Å². The average Bonchev–Trinajstić information content (AvgIpc) is 2.52. The third-order valence-electron chi connectivity index (χ3n) is 2.92. The zero-order valence-corrected chi connectivity index (χ0v) is 14.4. The molecule has 0 heterocycles. The second-order valence-electron chi connectivity index (χ2n) is 5.26. The Labute approximate surface area is 140 Å². The van der Waals surface area contributed by atoms with E-state index >= 15 is 0 Å². The molecule has 0 unspecified atom stereocenters. The molecule has 0 atom stereocenters. The van der Waals surface area contributed by atoms with E-state index in [9.17, 15) is 14.4 Å². The number of carbonyl (C=O) groups excluding carboxylic acids is 3. The lowest BCUT2D eigenvalue weighted by Crippen LogP contribution is -2.42. The monoisotopic (exact) mass is 338 g/mol. The summed E-state index contributed by atoms with van der Waals surface area (Å²) in [7, 11) is 0. The smallest absolute Gasteiger partial charge is 0.339 e. The number of urea groups is 1. The topological polar surface area (TPSA) is 84.5 Å².